The topological polar surface area (TPSA) is 67.4 Å². The summed E-state index contributed by atoms with van der Waals surface area (Å²) < 4.78 is 4.97. The van der Waals surface area contributed by atoms with Crippen LogP contribution in [0.2, 0.25) is 0 Å². The zero-order chi connectivity index (χ0) is 15.0. The minimum absolute atomic E-state index is 0.279. The molecule has 0 bridgehead atoms. The minimum atomic E-state index is -0.626. The number of benzene rings is 1. The van der Waals surface area contributed by atoms with E-state index in [0.29, 0.717) is 18.7 Å². The number of rotatable bonds is 6. The van der Waals surface area contributed by atoms with Crippen molar-refractivity contribution in [3.05, 3.63) is 30.3 Å². The molecule has 0 aromatic heterocycles. The molecule has 1 aromatic carbocycles. The minimum Gasteiger partial charge on any atom is -0.464 e. The zero-order valence-electron chi connectivity index (χ0n) is 12.2. The first kappa shape index (κ1) is 16.0. The van der Waals surface area contributed by atoms with Crippen LogP contribution in [0.3, 0.4) is 0 Å². The Balaban J connectivity index is 2.59. The molecule has 0 saturated carbocycles. The third-order valence-electron chi connectivity index (χ3n) is 2.62. The van der Waals surface area contributed by atoms with Crippen molar-refractivity contribution in [3.63, 3.8) is 0 Å². The van der Waals surface area contributed by atoms with Crippen molar-refractivity contribution in [3.8, 4) is 0 Å². The number of esters is 1. The molecule has 0 aliphatic heterocycles. The van der Waals surface area contributed by atoms with Crippen LogP contribution in [-0.4, -0.2) is 24.6 Å². The Morgan fingerprint density at radius 2 is 1.85 bits per heavy atom. The molecule has 110 valence electrons. The highest BCUT2D eigenvalue weighted by Gasteiger charge is 2.23. The number of amides is 2. The predicted molar refractivity (Wildman–Crippen MR) is 78.5 cm³/mol. The van der Waals surface area contributed by atoms with Gasteiger partial charge in [0.1, 0.15) is 6.04 Å². The summed E-state index contributed by atoms with van der Waals surface area (Å²) in [5.41, 5.74) is 0.678. The van der Waals surface area contributed by atoms with Gasteiger partial charge in [-0.25, -0.2) is 9.59 Å². The van der Waals surface area contributed by atoms with E-state index in [1.165, 1.54) is 0 Å². The Kier molecular flexibility index (Phi) is 6.56. The molecule has 5 heteroatoms. The average Bonchev–Trinajstić information content (AvgIpc) is 2.38. The number of anilines is 1. The normalized spacial score (nSPS) is 11.8. The number of para-hydroxylation sites is 1. The second kappa shape index (κ2) is 8.19. The van der Waals surface area contributed by atoms with E-state index < -0.39 is 18.0 Å². The second-order valence-corrected chi connectivity index (χ2v) is 4.90. The van der Waals surface area contributed by atoms with Gasteiger partial charge in [-0.2, -0.15) is 0 Å². The Hall–Kier alpha value is -2.04. The third kappa shape index (κ3) is 5.73. The fraction of sp³-hybridized carbons (Fsp3) is 0.467. The van der Waals surface area contributed by atoms with E-state index in [0.717, 1.165) is 0 Å². The van der Waals surface area contributed by atoms with Crippen LogP contribution in [-0.2, 0) is 9.53 Å². The lowest BCUT2D eigenvalue weighted by atomic mass is 10.0. The summed E-state index contributed by atoms with van der Waals surface area (Å²) in [6.45, 7) is 6.02. The Bertz CT molecular complexity index is 432. The molecule has 0 saturated heterocycles. The first-order chi connectivity index (χ1) is 9.52. The quantitative estimate of drug-likeness (QED) is 0.786. The molecule has 0 aliphatic carbocycles. The molecule has 0 spiro atoms. The van der Waals surface area contributed by atoms with Crippen molar-refractivity contribution in [2.45, 2.75) is 33.2 Å². The van der Waals surface area contributed by atoms with Gasteiger partial charge in [-0.3, -0.25) is 0 Å². The fourth-order valence-corrected chi connectivity index (χ4v) is 1.78. The second-order valence-electron chi connectivity index (χ2n) is 4.90. The summed E-state index contributed by atoms with van der Waals surface area (Å²) in [4.78, 5) is 23.7. The van der Waals surface area contributed by atoms with Crippen LogP contribution in [0.1, 0.15) is 27.2 Å². The highest BCUT2D eigenvalue weighted by Crippen LogP contribution is 2.08. The summed E-state index contributed by atoms with van der Waals surface area (Å²) in [6.07, 6.45) is 0.543. The SMILES string of the molecule is CCOC(=O)[C@H](CC(C)C)NC(=O)Nc1ccccc1. The third-order valence-corrected chi connectivity index (χ3v) is 2.62. The highest BCUT2D eigenvalue weighted by atomic mass is 16.5. The number of carbonyl (C=O) groups is 2. The summed E-state index contributed by atoms with van der Waals surface area (Å²) in [6, 6.07) is 8.04. The highest BCUT2D eigenvalue weighted by molar-refractivity contribution is 5.92. The molecule has 0 aliphatic rings. The first-order valence-corrected chi connectivity index (χ1v) is 6.82. The van der Waals surface area contributed by atoms with E-state index in [9.17, 15) is 9.59 Å². The molecule has 0 fully saturated rings. The molecular weight excluding hydrogens is 256 g/mol. The van der Waals surface area contributed by atoms with Crippen LogP contribution < -0.4 is 10.6 Å². The molecule has 0 unspecified atom stereocenters. The fourth-order valence-electron chi connectivity index (χ4n) is 1.78. The van der Waals surface area contributed by atoms with Crippen LogP contribution in [0.25, 0.3) is 0 Å². The maximum absolute atomic E-state index is 11.9. The van der Waals surface area contributed by atoms with Crippen molar-refractivity contribution in [2.75, 3.05) is 11.9 Å². The van der Waals surface area contributed by atoms with Crippen LogP contribution in [0.4, 0.5) is 10.5 Å². The standard InChI is InChI=1S/C15H22N2O3/c1-4-20-14(18)13(10-11(2)3)17-15(19)16-12-8-6-5-7-9-12/h5-9,11,13H,4,10H2,1-3H3,(H2,16,17,19)/t13-/m0/s1. The van der Waals surface area contributed by atoms with E-state index in [2.05, 4.69) is 10.6 Å². The van der Waals surface area contributed by atoms with Crippen molar-refractivity contribution >= 4 is 17.7 Å². The molecule has 1 aromatic rings. The molecular formula is C15H22N2O3. The van der Waals surface area contributed by atoms with Gasteiger partial charge in [0.15, 0.2) is 0 Å². The summed E-state index contributed by atoms with van der Waals surface area (Å²) in [7, 11) is 0. The maximum atomic E-state index is 11.9. The molecule has 20 heavy (non-hydrogen) atoms. The Labute approximate surface area is 119 Å². The van der Waals surface area contributed by atoms with Gasteiger partial charge in [-0.1, -0.05) is 32.0 Å². The molecule has 1 rings (SSSR count). The summed E-state index contributed by atoms with van der Waals surface area (Å²) in [5, 5.41) is 5.34. The molecule has 1 atom stereocenters. The summed E-state index contributed by atoms with van der Waals surface area (Å²) in [5.74, 6) is -0.120. The molecule has 0 heterocycles. The van der Waals surface area contributed by atoms with E-state index in [1.54, 1.807) is 19.1 Å². The van der Waals surface area contributed by atoms with Crippen LogP contribution in [0, 0.1) is 5.92 Å². The molecule has 5 nitrogen and oxygen atoms in total. The van der Waals surface area contributed by atoms with Gasteiger partial charge < -0.3 is 15.4 Å². The van der Waals surface area contributed by atoms with Crippen molar-refractivity contribution < 1.29 is 14.3 Å². The van der Waals surface area contributed by atoms with Crippen molar-refractivity contribution in [1.82, 2.24) is 5.32 Å². The maximum Gasteiger partial charge on any atom is 0.328 e. The first-order valence-electron chi connectivity index (χ1n) is 6.82. The Morgan fingerprint density at radius 3 is 2.40 bits per heavy atom. The molecule has 2 N–H and O–H groups in total. The van der Waals surface area contributed by atoms with E-state index >= 15 is 0 Å². The smallest absolute Gasteiger partial charge is 0.328 e. The monoisotopic (exact) mass is 278 g/mol. The number of urea groups is 1. The van der Waals surface area contributed by atoms with Gasteiger partial charge >= 0.3 is 12.0 Å². The van der Waals surface area contributed by atoms with Crippen molar-refractivity contribution in [2.24, 2.45) is 5.92 Å². The molecule has 0 radical (unpaired) electrons. The number of ether oxygens (including phenoxy) is 1. The lowest BCUT2D eigenvalue weighted by Gasteiger charge is -2.19. The Morgan fingerprint density at radius 1 is 1.20 bits per heavy atom. The lowest BCUT2D eigenvalue weighted by molar-refractivity contribution is -0.145. The number of hydrogen-bond donors (Lipinski definition) is 2. The van der Waals surface area contributed by atoms with Crippen LogP contribution >= 0.6 is 0 Å². The number of nitrogens with one attached hydrogen (secondary N) is 2. The molecule has 2 amide bonds. The average molecular weight is 278 g/mol. The van der Waals surface area contributed by atoms with Crippen LogP contribution in [0.5, 0.6) is 0 Å². The van der Waals surface area contributed by atoms with Gasteiger partial charge in [0.2, 0.25) is 0 Å². The van der Waals surface area contributed by atoms with Gasteiger partial charge in [0, 0.05) is 5.69 Å². The van der Waals surface area contributed by atoms with E-state index in [-0.39, 0.29) is 5.92 Å². The zero-order valence-corrected chi connectivity index (χ0v) is 12.2. The van der Waals surface area contributed by atoms with E-state index in [4.69, 9.17) is 4.74 Å². The van der Waals surface area contributed by atoms with E-state index in [1.807, 2.05) is 32.0 Å². The van der Waals surface area contributed by atoms with Gasteiger partial charge in [-0.15, -0.1) is 0 Å². The van der Waals surface area contributed by atoms with Gasteiger partial charge in [-0.05, 0) is 31.4 Å². The lowest BCUT2D eigenvalue weighted by Crippen LogP contribution is -2.44. The van der Waals surface area contributed by atoms with Gasteiger partial charge in [0.05, 0.1) is 6.61 Å². The van der Waals surface area contributed by atoms with Crippen LogP contribution in [0.15, 0.2) is 30.3 Å². The number of carbonyl (C=O) groups excluding carboxylic acids is 2. The predicted octanol–water partition coefficient (Wildman–Crippen LogP) is 2.79. The van der Waals surface area contributed by atoms with Crippen molar-refractivity contribution in [1.29, 1.82) is 0 Å². The van der Waals surface area contributed by atoms with Gasteiger partial charge in [0.25, 0.3) is 0 Å². The largest absolute Gasteiger partial charge is 0.464 e. The number of hydrogen-bond acceptors (Lipinski definition) is 3. The summed E-state index contributed by atoms with van der Waals surface area (Å²) >= 11 is 0.